The second-order valence-electron chi connectivity index (χ2n) is 2.99. The Kier molecular flexibility index (Phi) is 9.49. The summed E-state index contributed by atoms with van der Waals surface area (Å²) in [6, 6.07) is 0. The van der Waals surface area contributed by atoms with E-state index in [0.717, 1.165) is 19.4 Å². The third-order valence-corrected chi connectivity index (χ3v) is 1.76. The molecule has 0 aliphatic heterocycles. The van der Waals surface area contributed by atoms with Crippen LogP contribution in [0.5, 0.6) is 0 Å². The first-order valence-electron chi connectivity index (χ1n) is 5.19. The summed E-state index contributed by atoms with van der Waals surface area (Å²) in [6.07, 6.45) is 6.10. The molecule has 0 amide bonds. The molecule has 78 valence electrons. The van der Waals surface area contributed by atoms with Crippen LogP contribution in [0.2, 0.25) is 0 Å². The predicted octanol–water partition coefficient (Wildman–Crippen LogP) is 3.13. The van der Waals surface area contributed by atoms with Gasteiger partial charge in [0.15, 0.2) is 6.29 Å². The van der Waals surface area contributed by atoms with Gasteiger partial charge in [-0.2, -0.15) is 0 Å². The SMILES string of the molecule is C=CCC(OCC)OCCCCC. The molecule has 0 saturated heterocycles. The molecule has 0 heterocycles. The number of ether oxygens (including phenoxy) is 2. The van der Waals surface area contributed by atoms with E-state index in [4.69, 9.17) is 9.47 Å². The predicted molar refractivity (Wildman–Crippen MR) is 55.7 cm³/mol. The van der Waals surface area contributed by atoms with Crippen molar-refractivity contribution >= 4 is 0 Å². The van der Waals surface area contributed by atoms with Gasteiger partial charge in [-0.25, -0.2) is 0 Å². The van der Waals surface area contributed by atoms with Crippen LogP contribution in [0.3, 0.4) is 0 Å². The van der Waals surface area contributed by atoms with Crippen molar-refractivity contribution in [2.45, 2.75) is 45.8 Å². The second-order valence-corrected chi connectivity index (χ2v) is 2.99. The highest BCUT2D eigenvalue weighted by atomic mass is 16.7. The molecule has 1 atom stereocenters. The molecule has 0 aliphatic rings. The molecule has 2 heteroatoms. The average molecular weight is 186 g/mol. The molecule has 0 fully saturated rings. The maximum atomic E-state index is 5.53. The maximum Gasteiger partial charge on any atom is 0.160 e. The normalized spacial score (nSPS) is 12.8. The second kappa shape index (κ2) is 9.75. The number of rotatable bonds is 9. The molecule has 0 radical (unpaired) electrons. The molecule has 0 aliphatic carbocycles. The first-order chi connectivity index (χ1) is 6.35. The van der Waals surface area contributed by atoms with Gasteiger partial charge in [0, 0.05) is 19.6 Å². The van der Waals surface area contributed by atoms with E-state index in [1.807, 2.05) is 13.0 Å². The van der Waals surface area contributed by atoms with Crippen LogP contribution in [0.25, 0.3) is 0 Å². The van der Waals surface area contributed by atoms with Crippen LogP contribution < -0.4 is 0 Å². The van der Waals surface area contributed by atoms with Crippen molar-refractivity contribution in [1.29, 1.82) is 0 Å². The van der Waals surface area contributed by atoms with Crippen molar-refractivity contribution in [2.75, 3.05) is 13.2 Å². The number of hydrogen-bond donors (Lipinski definition) is 0. The van der Waals surface area contributed by atoms with Crippen LogP contribution in [0.1, 0.15) is 39.5 Å². The van der Waals surface area contributed by atoms with Gasteiger partial charge < -0.3 is 9.47 Å². The number of unbranched alkanes of at least 4 members (excludes halogenated alkanes) is 2. The highest BCUT2D eigenvalue weighted by Gasteiger charge is 2.04. The smallest absolute Gasteiger partial charge is 0.160 e. The Morgan fingerprint density at radius 1 is 1.23 bits per heavy atom. The zero-order chi connectivity index (χ0) is 9.94. The standard InChI is InChI=1S/C11H22O2/c1-4-7-8-10-13-11(9-5-2)12-6-3/h5,11H,2,4,6-10H2,1,3H3. The molecule has 0 aromatic carbocycles. The Balaban J connectivity index is 3.38. The molecule has 0 aromatic rings. The molecule has 0 bridgehead atoms. The summed E-state index contributed by atoms with van der Waals surface area (Å²) in [7, 11) is 0. The Morgan fingerprint density at radius 3 is 2.54 bits per heavy atom. The largest absolute Gasteiger partial charge is 0.353 e. The summed E-state index contributed by atoms with van der Waals surface area (Å²) in [6.45, 7) is 9.33. The molecule has 0 aromatic heterocycles. The lowest BCUT2D eigenvalue weighted by atomic mass is 10.3. The molecule has 1 unspecified atom stereocenters. The molecule has 0 spiro atoms. The van der Waals surface area contributed by atoms with Gasteiger partial charge >= 0.3 is 0 Å². The van der Waals surface area contributed by atoms with Crippen molar-refractivity contribution in [3.63, 3.8) is 0 Å². The summed E-state index contributed by atoms with van der Waals surface area (Å²) in [5, 5.41) is 0. The minimum Gasteiger partial charge on any atom is -0.353 e. The van der Waals surface area contributed by atoms with E-state index >= 15 is 0 Å². The lowest BCUT2D eigenvalue weighted by Crippen LogP contribution is -2.17. The van der Waals surface area contributed by atoms with Gasteiger partial charge in [-0.3, -0.25) is 0 Å². The van der Waals surface area contributed by atoms with Gasteiger partial charge in [0.05, 0.1) is 0 Å². The van der Waals surface area contributed by atoms with E-state index in [1.54, 1.807) is 0 Å². The van der Waals surface area contributed by atoms with Crippen LogP contribution in [-0.2, 0) is 9.47 Å². The third-order valence-electron chi connectivity index (χ3n) is 1.76. The summed E-state index contributed by atoms with van der Waals surface area (Å²) >= 11 is 0. The fourth-order valence-electron chi connectivity index (χ4n) is 1.07. The van der Waals surface area contributed by atoms with Crippen LogP contribution in [0.4, 0.5) is 0 Å². The lowest BCUT2D eigenvalue weighted by Gasteiger charge is -2.15. The monoisotopic (exact) mass is 186 g/mol. The van der Waals surface area contributed by atoms with E-state index in [0.29, 0.717) is 6.61 Å². The lowest BCUT2D eigenvalue weighted by molar-refractivity contribution is -0.137. The maximum absolute atomic E-state index is 5.53. The number of hydrogen-bond acceptors (Lipinski definition) is 2. The van der Waals surface area contributed by atoms with Gasteiger partial charge in [0.1, 0.15) is 0 Å². The Hall–Kier alpha value is -0.340. The fraction of sp³-hybridized carbons (Fsp3) is 0.818. The van der Waals surface area contributed by atoms with Crippen molar-refractivity contribution in [3.05, 3.63) is 12.7 Å². The topological polar surface area (TPSA) is 18.5 Å². The van der Waals surface area contributed by atoms with E-state index in [-0.39, 0.29) is 6.29 Å². The van der Waals surface area contributed by atoms with Crippen molar-refractivity contribution in [1.82, 2.24) is 0 Å². The fourth-order valence-corrected chi connectivity index (χ4v) is 1.07. The summed E-state index contributed by atoms with van der Waals surface area (Å²) < 4.78 is 10.9. The zero-order valence-electron chi connectivity index (χ0n) is 8.92. The highest BCUT2D eigenvalue weighted by Crippen LogP contribution is 2.04. The Morgan fingerprint density at radius 2 is 2.00 bits per heavy atom. The molecule has 0 saturated carbocycles. The first-order valence-corrected chi connectivity index (χ1v) is 5.19. The van der Waals surface area contributed by atoms with Gasteiger partial charge in [0.25, 0.3) is 0 Å². The van der Waals surface area contributed by atoms with E-state index in [9.17, 15) is 0 Å². The summed E-state index contributed by atoms with van der Waals surface area (Å²) in [4.78, 5) is 0. The molecule has 0 rings (SSSR count). The van der Waals surface area contributed by atoms with Crippen molar-refractivity contribution in [2.24, 2.45) is 0 Å². The minimum atomic E-state index is -0.0839. The Bertz CT molecular complexity index is 113. The van der Waals surface area contributed by atoms with E-state index < -0.39 is 0 Å². The van der Waals surface area contributed by atoms with Gasteiger partial charge in [0.2, 0.25) is 0 Å². The molecular weight excluding hydrogens is 164 g/mol. The molecular formula is C11H22O2. The van der Waals surface area contributed by atoms with Crippen molar-refractivity contribution in [3.8, 4) is 0 Å². The van der Waals surface area contributed by atoms with Crippen LogP contribution in [0, 0.1) is 0 Å². The highest BCUT2D eigenvalue weighted by molar-refractivity contribution is 4.68. The quantitative estimate of drug-likeness (QED) is 0.313. The van der Waals surface area contributed by atoms with Gasteiger partial charge in [-0.05, 0) is 13.3 Å². The minimum absolute atomic E-state index is 0.0839. The molecule has 13 heavy (non-hydrogen) atoms. The van der Waals surface area contributed by atoms with Gasteiger partial charge in [-0.1, -0.05) is 25.8 Å². The van der Waals surface area contributed by atoms with Crippen LogP contribution >= 0.6 is 0 Å². The first kappa shape index (κ1) is 12.7. The van der Waals surface area contributed by atoms with Crippen LogP contribution in [0.15, 0.2) is 12.7 Å². The summed E-state index contributed by atoms with van der Waals surface area (Å²) in [5.41, 5.74) is 0. The van der Waals surface area contributed by atoms with Crippen LogP contribution in [-0.4, -0.2) is 19.5 Å². The molecule has 2 nitrogen and oxygen atoms in total. The van der Waals surface area contributed by atoms with Crippen molar-refractivity contribution < 1.29 is 9.47 Å². The average Bonchev–Trinajstić information content (AvgIpc) is 2.13. The third kappa shape index (κ3) is 8.00. The zero-order valence-corrected chi connectivity index (χ0v) is 8.92. The summed E-state index contributed by atoms with van der Waals surface area (Å²) in [5.74, 6) is 0. The van der Waals surface area contributed by atoms with E-state index in [1.165, 1.54) is 12.8 Å². The Labute approximate surface area is 81.9 Å². The molecule has 0 N–H and O–H groups in total. The van der Waals surface area contributed by atoms with E-state index in [2.05, 4.69) is 13.5 Å². The van der Waals surface area contributed by atoms with Gasteiger partial charge in [-0.15, -0.1) is 6.58 Å².